The van der Waals surface area contributed by atoms with E-state index in [1.807, 2.05) is 31.2 Å². The number of hydrogen-bond donors (Lipinski definition) is 1. The van der Waals surface area contributed by atoms with E-state index in [1.54, 1.807) is 0 Å². The third-order valence-electron chi connectivity index (χ3n) is 3.50. The fourth-order valence-electron chi connectivity index (χ4n) is 2.54. The summed E-state index contributed by atoms with van der Waals surface area (Å²) in [6.45, 7) is 4.51. The van der Waals surface area contributed by atoms with E-state index in [4.69, 9.17) is 9.47 Å². The molecule has 0 spiro atoms. The summed E-state index contributed by atoms with van der Waals surface area (Å²) in [5.74, 6) is 1.20. The van der Waals surface area contributed by atoms with Crippen molar-refractivity contribution in [3.63, 3.8) is 0 Å². The van der Waals surface area contributed by atoms with Gasteiger partial charge < -0.3 is 19.7 Å². The lowest BCUT2D eigenvalue weighted by Crippen LogP contribution is -2.47. The van der Waals surface area contributed by atoms with Crippen LogP contribution >= 0.6 is 0 Å². The molecule has 1 aliphatic rings. The predicted molar refractivity (Wildman–Crippen MR) is 81.8 cm³/mol. The molecule has 2 rings (SSSR count). The Kier molecular flexibility index (Phi) is 5.87. The maximum atomic E-state index is 12.0. The zero-order valence-corrected chi connectivity index (χ0v) is 12.8. The van der Waals surface area contributed by atoms with Crippen molar-refractivity contribution in [3.8, 4) is 11.5 Å². The number of piperidine rings is 1. The van der Waals surface area contributed by atoms with Crippen LogP contribution in [0.15, 0.2) is 24.3 Å². The van der Waals surface area contributed by atoms with Gasteiger partial charge in [-0.3, -0.25) is 4.79 Å². The minimum Gasteiger partial charge on any atom is -0.490 e. The Hall–Kier alpha value is -1.75. The number of ether oxygens (including phenoxy) is 2. The van der Waals surface area contributed by atoms with Crippen LogP contribution in [-0.2, 0) is 4.79 Å². The van der Waals surface area contributed by atoms with Gasteiger partial charge in [0.1, 0.15) is 0 Å². The van der Waals surface area contributed by atoms with Gasteiger partial charge in [-0.1, -0.05) is 12.1 Å². The van der Waals surface area contributed by atoms with Gasteiger partial charge in [0, 0.05) is 12.6 Å². The number of likely N-dealkylation sites (tertiary alicyclic amines) is 1. The Morgan fingerprint density at radius 1 is 1.33 bits per heavy atom. The number of hydrogen-bond acceptors (Lipinski definition) is 4. The first-order valence-corrected chi connectivity index (χ1v) is 7.51. The highest BCUT2D eigenvalue weighted by molar-refractivity contribution is 5.78. The second-order valence-corrected chi connectivity index (χ2v) is 5.34. The van der Waals surface area contributed by atoms with Gasteiger partial charge in [0.25, 0.3) is 5.91 Å². The second kappa shape index (κ2) is 7.88. The molecule has 1 atom stereocenters. The number of nitrogens with one attached hydrogen (secondary N) is 1. The highest BCUT2D eigenvalue weighted by Gasteiger charge is 2.19. The van der Waals surface area contributed by atoms with E-state index < -0.39 is 0 Å². The monoisotopic (exact) mass is 292 g/mol. The number of carbonyl (C=O) groups excluding carboxylic acids is 1. The van der Waals surface area contributed by atoms with Crippen molar-refractivity contribution in [2.45, 2.75) is 25.8 Å². The summed E-state index contributed by atoms with van der Waals surface area (Å²) in [7, 11) is 2.08. The molecule has 1 aliphatic heterocycles. The van der Waals surface area contributed by atoms with Gasteiger partial charge in [-0.15, -0.1) is 0 Å². The second-order valence-electron chi connectivity index (χ2n) is 5.34. The van der Waals surface area contributed by atoms with Crippen LogP contribution in [0.4, 0.5) is 0 Å². The van der Waals surface area contributed by atoms with Crippen molar-refractivity contribution in [3.05, 3.63) is 24.3 Å². The fraction of sp³-hybridized carbons (Fsp3) is 0.562. The zero-order chi connectivity index (χ0) is 15.1. The van der Waals surface area contributed by atoms with Crippen LogP contribution in [0.2, 0.25) is 0 Å². The molecule has 0 saturated carbocycles. The molecule has 1 N–H and O–H groups in total. The van der Waals surface area contributed by atoms with Crippen LogP contribution in [0.1, 0.15) is 19.8 Å². The van der Waals surface area contributed by atoms with E-state index in [1.165, 1.54) is 0 Å². The molecule has 21 heavy (non-hydrogen) atoms. The lowest BCUT2D eigenvalue weighted by Gasteiger charge is -2.30. The Bertz CT molecular complexity index is 465. The van der Waals surface area contributed by atoms with Crippen LogP contribution in [0, 0.1) is 0 Å². The number of likely N-dealkylation sites (N-methyl/N-ethyl adjacent to an activating group) is 1. The lowest BCUT2D eigenvalue weighted by atomic mass is 10.1. The zero-order valence-electron chi connectivity index (χ0n) is 12.8. The molecule has 1 amide bonds. The van der Waals surface area contributed by atoms with E-state index in [2.05, 4.69) is 17.3 Å². The molecule has 116 valence electrons. The van der Waals surface area contributed by atoms with E-state index in [9.17, 15) is 4.79 Å². The third-order valence-corrected chi connectivity index (χ3v) is 3.50. The summed E-state index contributed by atoms with van der Waals surface area (Å²) in [4.78, 5) is 14.2. The number of carbonyl (C=O) groups is 1. The van der Waals surface area contributed by atoms with Crippen molar-refractivity contribution in [2.75, 3.05) is 33.4 Å². The van der Waals surface area contributed by atoms with Crippen LogP contribution in [-0.4, -0.2) is 50.2 Å². The summed E-state index contributed by atoms with van der Waals surface area (Å²) >= 11 is 0. The van der Waals surface area contributed by atoms with Gasteiger partial charge in [0.15, 0.2) is 18.1 Å². The number of amides is 1. The van der Waals surface area contributed by atoms with Crippen LogP contribution in [0.25, 0.3) is 0 Å². The van der Waals surface area contributed by atoms with Crippen molar-refractivity contribution < 1.29 is 14.3 Å². The molecular weight excluding hydrogens is 268 g/mol. The van der Waals surface area contributed by atoms with Gasteiger partial charge in [-0.2, -0.15) is 0 Å². The van der Waals surface area contributed by atoms with Crippen molar-refractivity contribution in [1.29, 1.82) is 0 Å². The Labute approximate surface area is 126 Å². The fourth-order valence-corrected chi connectivity index (χ4v) is 2.54. The molecule has 0 aliphatic carbocycles. The first-order valence-electron chi connectivity index (χ1n) is 7.51. The summed E-state index contributed by atoms with van der Waals surface area (Å²) in [6.07, 6.45) is 2.15. The van der Waals surface area contributed by atoms with E-state index >= 15 is 0 Å². The summed E-state index contributed by atoms with van der Waals surface area (Å²) < 4.78 is 11.0. The molecule has 1 aromatic carbocycles. The molecule has 5 heteroatoms. The van der Waals surface area contributed by atoms with Crippen LogP contribution in [0.3, 0.4) is 0 Å². The van der Waals surface area contributed by atoms with Crippen molar-refractivity contribution in [2.24, 2.45) is 0 Å². The molecule has 0 bridgehead atoms. The highest BCUT2D eigenvalue weighted by Crippen LogP contribution is 2.26. The SMILES string of the molecule is CCOc1ccccc1OCC(=O)NC1CCCN(C)C1. The van der Waals surface area contributed by atoms with Crippen molar-refractivity contribution in [1.82, 2.24) is 10.2 Å². The highest BCUT2D eigenvalue weighted by atomic mass is 16.5. The van der Waals surface area contributed by atoms with Crippen molar-refractivity contribution >= 4 is 5.91 Å². The molecule has 1 saturated heterocycles. The van der Waals surface area contributed by atoms with E-state index in [-0.39, 0.29) is 18.6 Å². The van der Waals surface area contributed by atoms with Crippen LogP contribution in [0.5, 0.6) is 11.5 Å². The van der Waals surface area contributed by atoms with E-state index in [0.717, 1.165) is 25.9 Å². The van der Waals surface area contributed by atoms with Crippen LogP contribution < -0.4 is 14.8 Å². The first kappa shape index (κ1) is 15.6. The molecule has 0 aromatic heterocycles. The molecular formula is C16H24N2O3. The average molecular weight is 292 g/mol. The minimum absolute atomic E-state index is 0.0182. The Balaban J connectivity index is 1.81. The number of benzene rings is 1. The first-order chi connectivity index (χ1) is 10.2. The van der Waals surface area contributed by atoms with Gasteiger partial charge in [-0.05, 0) is 45.5 Å². The maximum Gasteiger partial charge on any atom is 0.258 e. The number of rotatable bonds is 6. The molecule has 1 aromatic rings. The Morgan fingerprint density at radius 2 is 2.05 bits per heavy atom. The molecule has 1 heterocycles. The molecule has 0 radical (unpaired) electrons. The average Bonchev–Trinajstić information content (AvgIpc) is 2.47. The Morgan fingerprint density at radius 3 is 2.71 bits per heavy atom. The smallest absolute Gasteiger partial charge is 0.258 e. The largest absolute Gasteiger partial charge is 0.490 e. The standard InChI is InChI=1S/C16H24N2O3/c1-3-20-14-8-4-5-9-15(14)21-12-16(19)17-13-7-6-10-18(2)11-13/h4-5,8-9,13H,3,6-7,10-12H2,1-2H3,(H,17,19). The topological polar surface area (TPSA) is 50.8 Å². The summed E-state index contributed by atoms with van der Waals surface area (Å²) in [5.41, 5.74) is 0. The third kappa shape index (κ3) is 4.93. The quantitative estimate of drug-likeness (QED) is 0.866. The molecule has 5 nitrogen and oxygen atoms in total. The lowest BCUT2D eigenvalue weighted by molar-refractivity contribution is -0.124. The van der Waals surface area contributed by atoms with Gasteiger partial charge in [0.2, 0.25) is 0 Å². The maximum absolute atomic E-state index is 12.0. The van der Waals surface area contributed by atoms with E-state index in [0.29, 0.717) is 18.1 Å². The minimum atomic E-state index is -0.0819. The normalized spacial score (nSPS) is 19.0. The van der Waals surface area contributed by atoms with Gasteiger partial charge in [-0.25, -0.2) is 0 Å². The van der Waals surface area contributed by atoms with Gasteiger partial charge in [0.05, 0.1) is 6.61 Å². The number of nitrogens with zero attached hydrogens (tertiary/aromatic N) is 1. The predicted octanol–water partition coefficient (Wildman–Crippen LogP) is 1.67. The summed E-state index contributed by atoms with van der Waals surface area (Å²) in [5, 5.41) is 3.02. The number of para-hydroxylation sites is 2. The molecule has 1 fully saturated rings. The van der Waals surface area contributed by atoms with Gasteiger partial charge >= 0.3 is 0 Å². The summed E-state index contributed by atoms with van der Waals surface area (Å²) in [6, 6.07) is 7.63. The molecule has 1 unspecified atom stereocenters.